The van der Waals surface area contributed by atoms with Crippen LogP contribution in [0.3, 0.4) is 0 Å². The molecule has 425 valence electrons. The van der Waals surface area contributed by atoms with Crippen LogP contribution in [-0.4, -0.2) is 15.0 Å². The molecule has 5 nitrogen and oxygen atoms in total. The van der Waals surface area contributed by atoms with Crippen molar-refractivity contribution in [2.75, 3.05) is 9.80 Å². The van der Waals surface area contributed by atoms with Crippen LogP contribution < -0.4 is 9.80 Å². The molecule has 13 aromatic carbocycles. The van der Waals surface area contributed by atoms with Gasteiger partial charge in [0.25, 0.3) is 0 Å². The fraction of sp³-hybridized carbons (Fsp3) is 0. The normalized spacial score (nSPS) is 10.8. The second kappa shape index (κ2) is 26.6. The predicted molar refractivity (Wildman–Crippen MR) is 370 cm³/mol. The third kappa shape index (κ3) is 12.1. The molecule has 0 aliphatic carbocycles. The molecule has 0 amide bonds. The van der Waals surface area contributed by atoms with E-state index in [4.69, 9.17) is 0 Å². The van der Waals surface area contributed by atoms with Crippen LogP contribution in [-0.2, 0) is 20.1 Å². The third-order valence-corrected chi connectivity index (χ3v) is 16.1. The van der Waals surface area contributed by atoms with Gasteiger partial charge in [-0.15, -0.1) is 35.9 Å². The van der Waals surface area contributed by atoms with Gasteiger partial charge in [0.15, 0.2) is 0 Å². The van der Waals surface area contributed by atoms with Crippen molar-refractivity contribution in [1.82, 2.24) is 15.0 Å². The summed E-state index contributed by atoms with van der Waals surface area (Å²) in [5, 5.41) is 9.55. The van der Waals surface area contributed by atoms with Crippen LogP contribution in [0.2, 0.25) is 0 Å². The number of hydrogen-bond donors (Lipinski definition) is 0. The molecule has 0 bridgehead atoms. The van der Waals surface area contributed by atoms with Crippen LogP contribution in [0.5, 0.6) is 0 Å². The first-order valence-electron chi connectivity index (χ1n) is 29.6. The summed E-state index contributed by atoms with van der Waals surface area (Å²) in [6.07, 6.45) is 5.60. The Morgan fingerprint density at radius 2 is 0.618 bits per heavy atom. The molecule has 3 heterocycles. The Hall–Kier alpha value is -11.1. The first-order valence-corrected chi connectivity index (χ1v) is 29.6. The van der Waals surface area contributed by atoms with E-state index in [0.717, 1.165) is 67.2 Å². The van der Waals surface area contributed by atoms with Gasteiger partial charge in [-0.3, -0.25) is 9.97 Å². The zero-order valence-corrected chi connectivity index (χ0v) is 51.0. The van der Waals surface area contributed by atoms with Gasteiger partial charge in [-0.25, -0.2) is 0 Å². The molecule has 1 radical (unpaired) electrons. The number of anilines is 6. The molecule has 16 aromatic rings. The van der Waals surface area contributed by atoms with E-state index in [2.05, 4.69) is 310 Å². The first kappa shape index (κ1) is 57.0. The van der Waals surface area contributed by atoms with Crippen molar-refractivity contribution in [2.24, 2.45) is 0 Å². The van der Waals surface area contributed by atoms with E-state index in [0.29, 0.717) is 0 Å². The van der Waals surface area contributed by atoms with Crippen molar-refractivity contribution in [2.45, 2.75) is 0 Å². The van der Waals surface area contributed by atoms with Gasteiger partial charge in [-0.1, -0.05) is 231 Å². The number of nitrogens with zero attached hydrogens (tertiary/aromatic N) is 5. The molecular formula is C83H58IrN5-. The van der Waals surface area contributed by atoms with Crippen LogP contribution in [0.25, 0.3) is 98.8 Å². The molecular weight excluding hydrogens is 1260 g/mol. The maximum Gasteiger partial charge on any atom is 0.0970 e. The van der Waals surface area contributed by atoms with Crippen LogP contribution in [0.15, 0.2) is 352 Å². The maximum atomic E-state index is 4.67. The van der Waals surface area contributed by atoms with Crippen molar-refractivity contribution in [3.05, 3.63) is 358 Å². The number of fused-ring (bicyclic) bond motifs is 6. The minimum absolute atomic E-state index is 0. The summed E-state index contributed by atoms with van der Waals surface area (Å²) in [5.41, 5.74) is 17.9. The molecule has 16 rings (SSSR count). The summed E-state index contributed by atoms with van der Waals surface area (Å²) < 4.78 is 0. The van der Waals surface area contributed by atoms with Gasteiger partial charge >= 0.3 is 0 Å². The fourth-order valence-electron chi connectivity index (χ4n) is 11.9. The SMILES string of the molecule is [Ir].[c-]1ccccc1-c1nccc2ccccc12.c1ccc(-c2ccnc3c2ccc2c(-c4ccccc4)ccnc23)cc1.c1ccc(N(c2ccc(-c3ccc(N(c4ccccc4)c4cccc5ccccc45)cc3)cc2)c2cccc3ccccc23)cc1. The summed E-state index contributed by atoms with van der Waals surface area (Å²) >= 11 is 0. The van der Waals surface area contributed by atoms with Crippen molar-refractivity contribution < 1.29 is 20.1 Å². The topological polar surface area (TPSA) is 45.2 Å². The van der Waals surface area contributed by atoms with Gasteiger partial charge in [-0.05, 0) is 139 Å². The van der Waals surface area contributed by atoms with Crippen LogP contribution >= 0.6 is 0 Å². The molecule has 6 heteroatoms. The monoisotopic (exact) mass is 1320 g/mol. The minimum Gasteiger partial charge on any atom is -0.310 e. The summed E-state index contributed by atoms with van der Waals surface area (Å²) in [5.74, 6) is 0. The van der Waals surface area contributed by atoms with E-state index in [1.165, 1.54) is 65.7 Å². The van der Waals surface area contributed by atoms with Gasteiger partial charge in [0.2, 0.25) is 0 Å². The minimum atomic E-state index is 0. The van der Waals surface area contributed by atoms with E-state index in [9.17, 15) is 0 Å². The van der Waals surface area contributed by atoms with E-state index in [1.807, 2.05) is 73.2 Å². The Morgan fingerprint density at radius 1 is 0.247 bits per heavy atom. The predicted octanol–water partition coefficient (Wildman–Crippen LogP) is 22.4. The standard InChI is InChI=1S/C44H32N2.C24H16N2.C15H10N.Ir/c1-3-17-37(18-4-1)45(43-23-11-15-35-13-7-9-21-41(35)43)39-29-25-33(26-30-39)34-27-31-40(32-28-34)46(38-19-5-2-6-20-38)44-24-12-16-36-14-8-10-22-42(36)44;1-3-7-17(8-4-1)19-13-15-25-23-21(19)11-12-22-20(14-16-26-24(22)23)18-9-5-2-6-10-18;1-2-7-13(8-3-1)15-14-9-5-4-6-12(14)10-11-16-15;/h1-32H;1-16H;1-7,9-11H;/q;;-1;. The second-order valence-electron chi connectivity index (χ2n) is 21.4. The van der Waals surface area contributed by atoms with E-state index in [-0.39, 0.29) is 20.1 Å². The molecule has 0 saturated heterocycles. The zero-order chi connectivity index (χ0) is 58.9. The van der Waals surface area contributed by atoms with Crippen LogP contribution in [0, 0.1) is 6.07 Å². The molecule has 0 saturated carbocycles. The largest absolute Gasteiger partial charge is 0.310 e. The molecule has 0 N–H and O–H groups in total. The van der Waals surface area contributed by atoms with Gasteiger partial charge in [0.05, 0.1) is 22.4 Å². The first-order chi connectivity index (χ1) is 43.7. The van der Waals surface area contributed by atoms with E-state index >= 15 is 0 Å². The molecule has 89 heavy (non-hydrogen) atoms. The summed E-state index contributed by atoms with van der Waals surface area (Å²) in [6, 6.07) is 120. The summed E-state index contributed by atoms with van der Waals surface area (Å²) in [6.45, 7) is 0. The quantitative estimate of drug-likeness (QED) is 0.101. The second-order valence-corrected chi connectivity index (χ2v) is 21.4. The third-order valence-electron chi connectivity index (χ3n) is 16.1. The number of pyridine rings is 3. The molecule has 0 aliphatic heterocycles. The Morgan fingerprint density at radius 3 is 1.07 bits per heavy atom. The van der Waals surface area contributed by atoms with E-state index in [1.54, 1.807) is 0 Å². The average Bonchev–Trinajstić information content (AvgIpc) is 1.19. The average molecular weight is 1320 g/mol. The molecule has 3 aromatic heterocycles. The molecule has 0 fully saturated rings. The number of para-hydroxylation sites is 2. The van der Waals surface area contributed by atoms with Crippen LogP contribution in [0.4, 0.5) is 34.1 Å². The van der Waals surface area contributed by atoms with Gasteiger partial charge < -0.3 is 14.8 Å². The maximum absolute atomic E-state index is 4.67. The number of rotatable bonds is 10. The van der Waals surface area contributed by atoms with Gasteiger partial charge in [0, 0.05) is 83.0 Å². The molecule has 0 unspecified atom stereocenters. The molecule has 0 aliphatic rings. The Balaban J connectivity index is 0.000000141. The van der Waals surface area contributed by atoms with Crippen molar-refractivity contribution in [3.63, 3.8) is 0 Å². The van der Waals surface area contributed by atoms with Crippen molar-refractivity contribution >= 4 is 88.2 Å². The Bertz CT molecular complexity index is 4730. The summed E-state index contributed by atoms with van der Waals surface area (Å²) in [4.78, 5) is 18.5. The Labute approximate surface area is 532 Å². The van der Waals surface area contributed by atoms with E-state index < -0.39 is 0 Å². The van der Waals surface area contributed by atoms with Crippen LogP contribution in [0.1, 0.15) is 0 Å². The Kier molecular flexibility index (Phi) is 17.0. The van der Waals surface area contributed by atoms with Gasteiger partial charge in [-0.2, -0.15) is 0 Å². The molecule has 0 spiro atoms. The molecule has 0 atom stereocenters. The van der Waals surface area contributed by atoms with Crippen molar-refractivity contribution in [1.29, 1.82) is 0 Å². The summed E-state index contributed by atoms with van der Waals surface area (Å²) in [7, 11) is 0. The number of aromatic nitrogens is 3. The number of hydrogen-bond acceptors (Lipinski definition) is 5. The fourth-order valence-corrected chi connectivity index (χ4v) is 11.9. The van der Waals surface area contributed by atoms with Crippen molar-refractivity contribution in [3.8, 4) is 44.6 Å². The number of benzene rings is 13. The smallest absolute Gasteiger partial charge is 0.0970 e. The zero-order valence-electron chi connectivity index (χ0n) is 48.6. The van der Waals surface area contributed by atoms with Gasteiger partial charge in [0.1, 0.15) is 0 Å².